The summed E-state index contributed by atoms with van der Waals surface area (Å²) < 4.78 is 26.9. The molecule has 0 radical (unpaired) electrons. The molecule has 0 aliphatic carbocycles. The lowest BCUT2D eigenvalue weighted by Gasteiger charge is -2.25. The SMILES string of the molecule is C=CCNC(=NCc1ccc(S(=O)(=O)N2CCCCC2)cc1)NCC. The first-order valence-corrected chi connectivity index (χ1v) is 10.2. The van der Waals surface area contributed by atoms with E-state index < -0.39 is 10.0 Å². The molecule has 1 heterocycles. The molecule has 0 bridgehead atoms. The first kappa shape index (κ1) is 19.5. The predicted octanol–water partition coefficient (Wildman–Crippen LogP) is 2.10. The molecule has 6 nitrogen and oxygen atoms in total. The third kappa shape index (κ3) is 5.57. The van der Waals surface area contributed by atoms with E-state index in [1.807, 2.05) is 19.1 Å². The van der Waals surface area contributed by atoms with Gasteiger partial charge in [0.2, 0.25) is 10.0 Å². The summed E-state index contributed by atoms with van der Waals surface area (Å²) in [7, 11) is -3.37. The summed E-state index contributed by atoms with van der Waals surface area (Å²) in [6, 6.07) is 7.02. The zero-order valence-corrected chi connectivity index (χ0v) is 15.7. The minimum absolute atomic E-state index is 0.360. The Kier molecular flexibility index (Phi) is 7.46. The molecule has 1 aromatic rings. The minimum atomic E-state index is -3.37. The van der Waals surface area contributed by atoms with Crippen molar-refractivity contribution in [2.75, 3.05) is 26.2 Å². The molecule has 25 heavy (non-hydrogen) atoms. The van der Waals surface area contributed by atoms with Crippen molar-refractivity contribution in [3.63, 3.8) is 0 Å². The van der Waals surface area contributed by atoms with E-state index in [0.29, 0.717) is 37.0 Å². The Balaban J connectivity index is 2.04. The van der Waals surface area contributed by atoms with E-state index in [0.717, 1.165) is 31.4 Å². The van der Waals surface area contributed by atoms with Crippen LogP contribution in [0.25, 0.3) is 0 Å². The summed E-state index contributed by atoms with van der Waals surface area (Å²) in [5.41, 5.74) is 0.966. The van der Waals surface area contributed by atoms with Crippen LogP contribution in [-0.4, -0.2) is 44.9 Å². The van der Waals surface area contributed by atoms with Crippen LogP contribution in [0.4, 0.5) is 0 Å². The number of aliphatic imine (C=N–C) groups is 1. The molecule has 0 aromatic heterocycles. The van der Waals surface area contributed by atoms with Crippen LogP contribution in [0.2, 0.25) is 0 Å². The van der Waals surface area contributed by atoms with Crippen molar-refractivity contribution < 1.29 is 8.42 Å². The van der Waals surface area contributed by atoms with Crippen LogP contribution in [0.5, 0.6) is 0 Å². The summed E-state index contributed by atoms with van der Waals surface area (Å²) in [6.45, 7) is 8.82. The van der Waals surface area contributed by atoms with Crippen molar-refractivity contribution >= 4 is 16.0 Å². The van der Waals surface area contributed by atoms with Gasteiger partial charge in [-0.1, -0.05) is 24.6 Å². The lowest BCUT2D eigenvalue weighted by molar-refractivity contribution is 0.346. The fraction of sp³-hybridized carbons (Fsp3) is 0.500. The van der Waals surface area contributed by atoms with Gasteiger partial charge in [0.05, 0.1) is 11.4 Å². The van der Waals surface area contributed by atoms with Crippen LogP contribution < -0.4 is 10.6 Å². The van der Waals surface area contributed by atoms with Gasteiger partial charge in [-0.2, -0.15) is 4.31 Å². The minimum Gasteiger partial charge on any atom is -0.357 e. The van der Waals surface area contributed by atoms with Gasteiger partial charge in [-0.15, -0.1) is 6.58 Å². The number of guanidine groups is 1. The normalized spacial score (nSPS) is 16.4. The van der Waals surface area contributed by atoms with E-state index in [1.54, 1.807) is 22.5 Å². The highest BCUT2D eigenvalue weighted by Gasteiger charge is 2.25. The quantitative estimate of drug-likeness (QED) is 0.441. The number of hydrogen-bond acceptors (Lipinski definition) is 3. The van der Waals surface area contributed by atoms with Gasteiger partial charge in [0.1, 0.15) is 0 Å². The van der Waals surface area contributed by atoms with Crippen molar-refractivity contribution in [1.82, 2.24) is 14.9 Å². The molecule has 1 aliphatic heterocycles. The Labute approximate surface area is 151 Å². The van der Waals surface area contributed by atoms with Crippen LogP contribution in [-0.2, 0) is 16.6 Å². The molecule has 0 spiro atoms. The van der Waals surface area contributed by atoms with E-state index in [1.165, 1.54) is 0 Å². The van der Waals surface area contributed by atoms with Gasteiger partial charge in [-0.05, 0) is 37.5 Å². The van der Waals surface area contributed by atoms with Crippen molar-refractivity contribution in [2.45, 2.75) is 37.6 Å². The third-order valence-electron chi connectivity index (χ3n) is 4.05. The molecule has 1 aliphatic rings. The van der Waals surface area contributed by atoms with Gasteiger partial charge in [0.25, 0.3) is 0 Å². The number of piperidine rings is 1. The highest BCUT2D eigenvalue weighted by Crippen LogP contribution is 2.21. The summed E-state index contributed by atoms with van der Waals surface area (Å²) in [4.78, 5) is 4.85. The molecule has 1 saturated heterocycles. The van der Waals surface area contributed by atoms with Crippen LogP contribution in [0.15, 0.2) is 46.8 Å². The number of benzene rings is 1. The Morgan fingerprint density at radius 2 is 1.88 bits per heavy atom. The monoisotopic (exact) mass is 364 g/mol. The maximum absolute atomic E-state index is 12.6. The molecular weight excluding hydrogens is 336 g/mol. The molecule has 0 atom stereocenters. The van der Waals surface area contributed by atoms with E-state index in [2.05, 4.69) is 22.2 Å². The van der Waals surface area contributed by atoms with Crippen LogP contribution in [0.1, 0.15) is 31.7 Å². The standard InChI is InChI=1S/C18H28N4O2S/c1-3-12-20-18(19-4-2)21-15-16-8-10-17(11-9-16)25(23,24)22-13-6-5-7-14-22/h3,8-11H,1,4-7,12-15H2,2H3,(H2,19,20,21). The molecule has 0 saturated carbocycles. The average Bonchev–Trinajstić information content (AvgIpc) is 2.65. The predicted molar refractivity (Wildman–Crippen MR) is 102 cm³/mol. The smallest absolute Gasteiger partial charge is 0.243 e. The van der Waals surface area contributed by atoms with Gasteiger partial charge < -0.3 is 10.6 Å². The summed E-state index contributed by atoms with van der Waals surface area (Å²) >= 11 is 0. The van der Waals surface area contributed by atoms with Crippen molar-refractivity contribution in [1.29, 1.82) is 0 Å². The van der Waals surface area contributed by atoms with E-state index in [-0.39, 0.29) is 0 Å². The van der Waals surface area contributed by atoms with Crippen molar-refractivity contribution in [3.8, 4) is 0 Å². The van der Waals surface area contributed by atoms with E-state index >= 15 is 0 Å². The summed E-state index contributed by atoms with van der Waals surface area (Å²) in [5.74, 6) is 0.715. The van der Waals surface area contributed by atoms with Gasteiger partial charge >= 0.3 is 0 Å². The van der Waals surface area contributed by atoms with Gasteiger partial charge in [0.15, 0.2) is 5.96 Å². The summed E-state index contributed by atoms with van der Waals surface area (Å²) in [5, 5.41) is 6.29. The Hall–Kier alpha value is -1.86. The number of hydrogen-bond donors (Lipinski definition) is 2. The molecule has 1 fully saturated rings. The zero-order chi connectivity index (χ0) is 18.1. The number of rotatable bonds is 7. The van der Waals surface area contributed by atoms with E-state index in [4.69, 9.17) is 0 Å². The van der Waals surface area contributed by atoms with Crippen LogP contribution >= 0.6 is 0 Å². The molecular formula is C18H28N4O2S. The van der Waals surface area contributed by atoms with Gasteiger partial charge in [0, 0.05) is 26.2 Å². The Morgan fingerprint density at radius 1 is 1.20 bits per heavy atom. The molecule has 1 aromatic carbocycles. The second-order valence-electron chi connectivity index (χ2n) is 5.97. The van der Waals surface area contributed by atoms with Crippen LogP contribution in [0, 0.1) is 0 Å². The lowest BCUT2D eigenvalue weighted by Crippen LogP contribution is -2.37. The Morgan fingerprint density at radius 3 is 2.48 bits per heavy atom. The average molecular weight is 365 g/mol. The molecule has 2 rings (SSSR count). The largest absolute Gasteiger partial charge is 0.357 e. The van der Waals surface area contributed by atoms with Crippen molar-refractivity contribution in [3.05, 3.63) is 42.5 Å². The fourth-order valence-corrected chi connectivity index (χ4v) is 4.22. The topological polar surface area (TPSA) is 73.8 Å². The molecule has 2 N–H and O–H groups in total. The third-order valence-corrected chi connectivity index (χ3v) is 5.97. The zero-order valence-electron chi connectivity index (χ0n) is 14.9. The van der Waals surface area contributed by atoms with Crippen molar-refractivity contribution in [2.24, 2.45) is 4.99 Å². The van der Waals surface area contributed by atoms with E-state index in [9.17, 15) is 8.42 Å². The molecule has 7 heteroatoms. The molecule has 0 amide bonds. The van der Waals surface area contributed by atoms with Crippen LogP contribution in [0.3, 0.4) is 0 Å². The lowest BCUT2D eigenvalue weighted by atomic mass is 10.2. The number of nitrogens with zero attached hydrogens (tertiary/aromatic N) is 2. The highest BCUT2D eigenvalue weighted by molar-refractivity contribution is 7.89. The first-order valence-electron chi connectivity index (χ1n) is 8.80. The van der Waals surface area contributed by atoms with Gasteiger partial charge in [-0.3, -0.25) is 0 Å². The number of sulfonamides is 1. The maximum atomic E-state index is 12.6. The summed E-state index contributed by atoms with van der Waals surface area (Å²) in [6.07, 6.45) is 4.76. The first-order chi connectivity index (χ1) is 12.1. The maximum Gasteiger partial charge on any atom is 0.243 e. The molecule has 138 valence electrons. The second-order valence-corrected chi connectivity index (χ2v) is 7.91. The number of nitrogens with one attached hydrogen (secondary N) is 2. The van der Waals surface area contributed by atoms with Gasteiger partial charge in [-0.25, -0.2) is 13.4 Å². The second kappa shape index (κ2) is 9.58. The highest BCUT2D eigenvalue weighted by atomic mass is 32.2. The fourth-order valence-electron chi connectivity index (χ4n) is 2.70. The molecule has 0 unspecified atom stereocenters. The Bertz CT molecular complexity index is 678.